The second-order valence-electron chi connectivity index (χ2n) is 7.29. The maximum Gasteiger partial charge on any atom is 0.223 e. The Labute approximate surface area is 164 Å². The zero-order valence-corrected chi connectivity index (χ0v) is 16.3. The summed E-state index contributed by atoms with van der Waals surface area (Å²) in [5.74, 6) is 0.994. The van der Waals surface area contributed by atoms with Gasteiger partial charge in [0.05, 0.1) is 17.4 Å². The van der Waals surface area contributed by atoms with E-state index in [9.17, 15) is 4.79 Å². The highest BCUT2D eigenvalue weighted by atomic mass is 16.5. The van der Waals surface area contributed by atoms with Gasteiger partial charge in [0.15, 0.2) is 0 Å². The Morgan fingerprint density at radius 1 is 1.32 bits per heavy atom. The average molecular weight is 379 g/mol. The molecule has 146 valence electrons. The molecule has 1 atom stereocenters. The lowest BCUT2D eigenvalue weighted by Gasteiger charge is -2.24. The minimum Gasteiger partial charge on any atom is -0.361 e. The normalized spacial score (nSPS) is 16.6. The quantitative estimate of drug-likeness (QED) is 0.653. The maximum atomic E-state index is 12.7. The maximum absolute atomic E-state index is 12.7. The number of hydrogen-bond acceptors (Lipinski definition) is 5. The van der Waals surface area contributed by atoms with Crippen LogP contribution in [0.1, 0.15) is 48.9 Å². The number of nitrogens with zero attached hydrogens (tertiary/aromatic N) is 5. The van der Waals surface area contributed by atoms with Gasteiger partial charge >= 0.3 is 0 Å². The van der Waals surface area contributed by atoms with Crippen LogP contribution in [0.3, 0.4) is 0 Å². The molecule has 1 amide bonds. The van der Waals surface area contributed by atoms with Crippen LogP contribution in [-0.2, 0) is 11.3 Å². The van der Waals surface area contributed by atoms with Crippen molar-refractivity contribution in [2.24, 2.45) is 0 Å². The van der Waals surface area contributed by atoms with Crippen molar-refractivity contribution in [3.63, 3.8) is 0 Å². The Morgan fingerprint density at radius 2 is 2.21 bits per heavy atom. The van der Waals surface area contributed by atoms with Crippen molar-refractivity contribution >= 4 is 5.91 Å². The van der Waals surface area contributed by atoms with E-state index in [0.29, 0.717) is 6.42 Å². The number of hydrogen-bond donors (Lipinski definition) is 0. The predicted molar refractivity (Wildman–Crippen MR) is 104 cm³/mol. The first-order valence-corrected chi connectivity index (χ1v) is 9.79. The lowest BCUT2D eigenvalue weighted by molar-refractivity contribution is -0.132. The molecule has 0 bridgehead atoms. The van der Waals surface area contributed by atoms with E-state index >= 15 is 0 Å². The summed E-state index contributed by atoms with van der Waals surface area (Å²) in [4.78, 5) is 19.4. The van der Waals surface area contributed by atoms with Crippen LogP contribution in [0.2, 0.25) is 0 Å². The summed E-state index contributed by atoms with van der Waals surface area (Å²) >= 11 is 0. The highest BCUT2D eigenvalue weighted by molar-refractivity contribution is 5.77. The van der Waals surface area contributed by atoms with Gasteiger partial charge in [-0.15, -0.1) is 0 Å². The van der Waals surface area contributed by atoms with Crippen molar-refractivity contribution in [2.45, 2.75) is 52.1 Å². The Kier molecular flexibility index (Phi) is 5.23. The van der Waals surface area contributed by atoms with Gasteiger partial charge in [-0.3, -0.25) is 14.5 Å². The molecule has 0 aliphatic carbocycles. The third-order valence-electron chi connectivity index (χ3n) is 5.36. The summed E-state index contributed by atoms with van der Waals surface area (Å²) in [6.45, 7) is 5.41. The van der Waals surface area contributed by atoms with Crippen molar-refractivity contribution in [2.75, 3.05) is 6.54 Å². The van der Waals surface area contributed by atoms with Gasteiger partial charge < -0.3 is 9.42 Å². The summed E-state index contributed by atoms with van der Waals surface area (Å²) in [5, 5.41) is 8.20. The van der Waals surface area contributed by atoms with E-state index in [4.69, 9.17) is 4.52 Å². The lowest BCUT2D eigenvalue weighted by Crippen LogP contribution is -2.31. The van der Waals surface area contributed by atoms with Gasteiger partial charge in [-0.05, 0) is 45.2 Å². The summed E-state index contributed by atoms with van der Waals surface area (Å²) in [5.41, 5.74) is 3.81. The first kappa shape index (κ1) is 18.4. The molecular formula is C21H25N5O2. The molecule has 0 aromatic carbocycles. The molecule has 4 heterocycles. The fraction of sp³-hybridized carbons (Fsp3) is 0.429. The summed E-state index contributed by atoms with van der Waals surface area (Å²) < 4.78 is 7.12. The highest BCUT2D eigenvalue weighted by Gasteiger charge is 2.30. The second kappa shape index (κ2) is 7.96. The third-order valence-corrected chi connectivity index (χ3v) is 5.36. The number of carbonyl (C=O) groups excluding carboxylic acids is 1. The number of aryl methyl sites for hydroxylation is 3. The van der Waals surface area contributed by atoms with E-state index in [0.717, 1.165) is 60.6 Å². The topological polar surface area (TPSA) is 77.0 Å². The van der Waals surface area contributed by atoms with Crippen LogP contribution in [0.5, 0.6) is 0 Å². The average Bonchev–Trinajstić information content (AvgIpc) is 3.44. The number of pyridine rings is 1. The molecule has 1 aliphatic rings. The van der Waals surface area contributed by atoms with Crippen molar-refractivity contribution in [1.29, 1.82) is 0 Å². The van der Waals surface area contributed by atoms with Crippen LogP contribution in [-0.4, -0.2) is 37.3 Å². The SMILES string of the molecule is Cc1noc(C)c1-c1ccc(C2CCCN2C(=O)CCCn2cccn2)nc1. The van der Waals surface area contributed by atoms with Crippen molar-refractivity contribution in [3.8, 4) is 11.1 Å². The van der Waals surface area contributed by atoms with Crippen LogP contribution in [0.25, 0.3) is 11.1 Å². The van der Waals surface area contributed by atoms with Crippen molar-refractivity contribution in [3.05, 3.63) is 53.9 Å². The zero-order valence-electron chi connectivity index (χ0n) is 16.3. The van der Waals surface area contributed by atoms with Gasteiger partial charge in [-0.1, -0.05) is 11.2 Å². The molecule has 1 aliphatic heterocycles. The van der Waals surface area contributed by atoms with Crippen LogP contribution < -0.4 is 0 Å². The first-order valence-electron chi connectivity index (χ1n) is 9.79. The van der Waals surface area contributed by atoms with Crippen LogP contribution >= 0.6 is 0 Å². The fourth-order valence-corrected chi connectivity index (χ4v) is 3.99. The smallest absolute Gasteiger partial charge is 0.223 e. The van der Waals surface area contributed by atoms with Gasteiger partial charge in [0.25, 0.3) is 0 Å². The molecule has 1 fully saturated rings. The molecule has 28 heavy (non-hydrogen) atoms. The van der Waals surface area contributed by atoms with Crippen LogP contribution in [0.4, 0.5) is 0 Å². The van der Waals surface area contributed by atoms with Gasteiger partial charge in [-0.2, -0.15) is 5.10 Å². The monoisotopic (exact) mass is 379 g/mol. The summed E-state index contributed by atoms with van der Waals surface area (Å²) in [6, 6.07) is 6.04. The second-order valence-corrected chi connectivity index (χ2v) is 7.29. The van der Waals surface area contributed by atoms with E-state index in [1.165, 1.54) is 0 Å². The molecule has 0 radical (unpaired) electrons. The Morgan fingerprint density at radius 3 is 2.89 bits per heavy atom. The van der Waals surface area contributed by atoms with E-state index in [1.807, 2.05) is 54.0 Å². The van der Waals surface area contributed by atoms with Crippen LogP contribution in [0.15, 0.2) is 41.3 Å². The molecule has 3 aromatic heterocycles. The van der Waals surface area contributed by atoms with Gasteiger partial charge in [0, 0.05) is 49.2 Å². The van der Waals surface area contributed by atoms with Gasteiger partial charge in [0.1, 0.15) is 5.76 Å². The predicted octanol–water partition coefficient (Wildman–Crippen LogP) is 3.69. The van der Waals surface area contributed by atoms with E-state index < -0.39 is 0 Å². The third kappa shape index (κ3) is 3.69. The van der Waals surface area contributed by atoms with E-state index in [1.54, 1.807) is 6.20 Å². The largest absolute Gasteiger partial charge is 0.361 e. The lowest BCUT2D eigenvalue weighted by atomic mass is 10.0. The first-order chi connectivity index (χ1) is 13.6. The molecule has 7 nitrogen and oxygen atoms in total. The van der Waals surface area contributed by atoms with E-state index in [-0.39, 0.29) is 11.9 Å². The molecule has 4 rings (SSSR count). The van der Waals surface area contributed by atoms with Crippen molar-refractivity contribution < 1.29 is 9.32 Å². The number of rotatable bonds is 6. The standard InChI is InChI=1S/C21H25N5O2/c1-15-21(16(2)28-24-15)17-8-9-18(22-14-17)19-6-3-13-26(19)20(27)7-4-11-25-12-5-10-23-25/h5,8-10,12,14,19H,3-4,6-7,11,13H2,1-2H3. The van der Waals surface area contributed by atoms with Gasteiger partial charge in [0.2, 0.25) is 5.91 Å². The molecule has 1 unspecified atom stereocenters. The van der Waals surface area contributed by atoms with E-state index in [2.05, 4.69) is 15.2 Å². The minimum atomic E-state index is 0.0657. The highest BCUT2D eigenvalue weighted by Crippen LogP contribution is 2.33. The number of amides is 1. The van der Waals surface area contributed by atoms with Gasteiger partial charge in [-0.25, -0.2) is 0 Å². The number of carbonyl (C=O) groups is 1. The van der Waals surface area contributed by atoms with Crippen molar-refractivity contribution in [1.82, 2.24) is 24.8 Å². The Hall–Kier alpha value is -2.96. The Bertz CT molecular complexity index is 911. The number of aromatic nitrogens is 4. The summed E-state index contributed by atoms with van der Waals surface area (Å²) in [6.07, 6.45) is 8.85. The van der Waals surface area contributed by atoms with Crippen LogP contribution in [0, 0.1) is 13.8 Å². The molecule has 0 spiro atoms. The zero-order chi connectivity index (χ0) is 19.5. The molecule has 0 saturated carbocycles. The minimum absolute atomic E-state index is 0.0657. The molecular weight excluding hydrogens is 354 g/mol. The molecule has 3 aromatic rings. The molecule has 0 N–H and O–H groups in total. The fourth-order valence-electron chi connectivity index (χ4n) is 3.99. The molecule has 1 saturated heterocycles. The Balaban J connectivity index is 1.42. The number of likely N-dealkylation sites (tertiary alicyclic amines) is 1. The summed E-state index contributed by atoms with van der Waals surface area (Å²) in [7, 11) is 0. The molecule has 7 heteroatoms.